The van der Waals surface area contributed by atoms with E-state index >= 15 is 0 Å². The maximum Gasteiger partial charge on any atom is 0.347 e. The van der Waals surface area contributed by atoms with Gasteiger partial charge in [-0.15, -0.1) is 0 Å². The predicted molar refractivity (Wildman–Crippen MR) is 99.1 cm³/mol. The smallest absolute Gasteiger partial charge is 0.347 e. The van der Waals surface area contributed by atoms with E-state index in [2.05, 4.69) is 0 Å². The van der Waals surface area contributed by atoms with E-state index in [1.54, 1.807) is 0 Å². The Morgan fingerprint density at radius 3 is 2.20 bits per heavy atom. The molecular weight excluding hydrogens is 404 g/mol. The average molecular weight is 424 g/mol. The van der Waals surface area contributed by atoms with E-state index in [0.717, 1.165) is 24.3 Å². The summed E-state index contributed by atoms with van der Waals surface area (Å²) in [5, 5.41) is 48.3. The molecule has 0 spiro atoms. The van der Waals surface area contributed by atoms with Crippen LogP contribution in [0, 0.1) is 0 Å². The van der Waals surface area contributed by atoms with Crippen molar-refractivity contribution in [2.75, 3.05) is 33.5 Å². The lowest BCUT2D eigenvalue weighted by atomic mass is 10.1. The van der Waals surface area contributed by atoms with Crippen LogP contribution < -0.4 is 4.74 Å². The number of esters is 2. The Morgan fingerprint density at radius 1 is 0.800 bits per heavy atom. The van der Waals surface area contributed by atoms with E-state index in [4.69, 9.17) is 18.9 Å². The molecule has 162 valence electrons. The maximum atomic E-state index is 12.2. The Labute approximate surface area is 170 Å². The van der Waals surface area contributed by atoms with Gasteiger partial charge >= 0.3 is 11.9 Å². The predicted octanol–water partition coefficient (Wildman–Crippen LogP) is 1.25. The minimum atomic E-state index is -1.24. The summed E-state index contributed by atoms with van der Waals surface area (Å²) in [5.74, 6) is -6.89. The summed E-state index contributed by atoms with van der Waals surface area (Å²) >= 11 is 0. The number of benzene rings is 2. The zero-order chi connectivity index (χ0) is 22.3. The first-order valence-corrected chi connectivity index (χ1v) is 8.52. The highest BCUT2D eigenvalue weighted by atomic mass is 16.6. The third kappa shape index (κ3) is 5.43. The Bertz CT molecular complexity index is 923. The van der Waals surface area contributed by atoms with E-state index in [1.165, 1.54) is 7.11 Å². The largest absolute Gasteiger partial charge is 0.504 e. The molecule has 0 unspecified atom stereocenters. The fourth-order valence-electron chi connectivity index (χ4n) is 2.20. The van der Waals surface area contributed by atoms with Gasteiger partial charge < -0.3 is 44.5 Å². The van der Waals surface area contributed by atoms with Crippen LogP contribution in [-0.2, 0) is 14.2 Å². The van der Waals surface area contributed by atoms with Crippen molar-refractivity contribution in [3.8, 4) is 34.5 Å². The highest BCUT2D eigenvalue weighted by molar-refractivity contribution is 5.96. The molecule has 0 aliphatic carbocycles. The van der Waals surface area contributed by atoms with E-state index in [0.29, 0.717) is 13.2 Å². The lowest BCUT2D eigenvalue weighted by Gasteiger charge is -2.11. The third-order valence-corrected chi connectivity index (χ3v) is 3.74. The highest BCUT2D eigenvalue weighted by Crippen LogP contribution is 2.40. The van der Waals surface area contributed by atoms with E-state index < -0.39 is 52.0 Å². The second kappa shape index (κ2) is 10.2. The van der Waals surface area contributed by atoms with Crippen LogP contribution in [-0.4, -0.2) is 71.0 Å². The van der Waals surface area contributed by atoms with Gasteiger partial charge in [0.1, 0.15) is 12.2 Å². The molecule has 0 fully saturated rings. The topological polar surface area (TPSA) is 172 Å². The summed E-state index contributed by atoms with van der Waals surface area (Å²) in [7, 11) is 1.51. The molecule has 0 heterocycles. The molecule has 11 nitrogen and oxygen atoms in total. The molecule has 2 aromatic carbocycles. The van der Waals surface area contributed by atoms with Gasteiger partial charge in [-0.1, -0.05) is 0 Å². The van der Waals surface area contributed by atoms with Gasteiger partial charge in [0.2, 0.25) is 11.5 Å². The number of methoxy groups -OCH3 is 1. The molecular formula is C19H20O11. The molecule has 5 N–H and O–H groups in total. The standard InChI is InChI=1S/C19H20O11/c1-27-4-5-28-6-7-29-18(25)10-8-13(21)16(23)14(9-10)30-19(26)11-2-3-12(20)17(24)15(11)22/h2-3,8-9,20-24H,4-7H2,1H3. The molecule has 0 atom stereocenters. The van der Waals surface area contributed by atoms with Crippen molar-refractivity contribution in [2.24, 2.45) is 0 Å². The van der Waals surface area contributed by atoms with Crippen LogP contribution in [0.3, 0.4) is 0 Å². The molecule has 30 heavy (non-hydrogen) atoms. The minimum absolute atomic E-state index is 0.0973. The van der Waals surface area contributed by atoms with Gasteiger partial charge in [-0.05, 0) is 24.3 Å². The lowest BCUT2D eigenvalue weighted by Crippen LogP contribution is -2.13. The second-order valence-electron chi connectivity index (χ2n) is 5.80. The average Bonchev–Trinajstić information content (AvgIpc) is 2.71. The number of carbonyl (C=O) groups excluding carboxylic acids is 2. The molecule has 0 aliphatic heterocycles. The van der Waals surface area contributed by atoms with Crippen LogP contribution in [0.25, 0.3) is 0 Å². The van der Waals surface area contributed by atoms with Crippen molar-refractivity contribution in [2.45, 2.75) is 0 Å². The molecule has 0 amide bonds. The number of phenolic OH excluding ortho intramolecular Hbond substituents is 5. The van der Waals surface area contributed by atoms with Gasteiger partial charge in [-0.3, -0.25) is 0 Å². The number of hydrogen-bond donors (Lipinski definition) is 5. The molecule has 2 aromatic rings. The summed E-state index contributed by atoms with van der Waals surface area (Å²) in [4.78, 5) is 24.3. The Hall–Kier alpha value is -3.70. The fourth-order valence-corrected chi connectivity index (χ4v) is 2.20. The van der Waals surface area contributed by atoms with Crippen molar-refractivity contribution in [1.29, 1.82) is 0 Å². The fraction of sp³-hybridized carbons (Fsp3) is 0.263. The number of phenols is 5. The van der Waals surface area contributed by atoms with Crippen LogP contribution in [0.2, 0.25) is 0 Å². The Balaban J connectivity index is 2.12. The van der Waals surface area contributed by atoms with E-state index in [-0.39, 0.29) is 18.8 Å². The Morgan fingerprint density at radius 2 is 1.50 bits per heavy atom. The molecule has 2 rings (SSSR count). The highest BCUT2D eigenvalue weighted by Gasteiger charge is 2.23. The quantitative estimate of drug-likeness (QED) is 0.170. The third-order valence-electron chi connectivity index (χ3n) is 3.74. The van der Waals surface area contributed by atoms with E-state index in [1.807, 2.05) is 0 Å². The number of aromatic hydroxyl groups is 5. The molecule has 0 saturated heterocycles. The molecule has 0 radical (unpaired) electrons. The summed E-state index contributed by atoms with van der Waals surface area (Å²) in [6, 6.07) is 3.75. The maximum absolute atomic E-state index is 12.2. The van der Waals surface area contributed by atoms with Gasteiger partial charge in [0.05, 0.1) is 25.4 Å². The molecule has 0 aromatic heterocycles. The van der Waals surface area contributed by atoms with Gasteiger partial charge in [-0.25, -0.2) is 9.59 Å². The Kier molecular flexibility index (Phi) is 7.67. The first-order chi connectivity index (χ1) is 14.3. The summed E-state index contributed by atoms with van der Waals surface area (Å²) in [5.41, 5.74) is -0.770. The first-order valence-electron chi connectivity index (χ1n) is 8.52. The van der Waals surface area contributed by atoms with Gasteiger partial charge in [0.25, 0.3) is 0 Å². The van der Waals surface area contributed by atoms with Crippen LogP contribution in [0.5, 0.6) is 34.5 Å². The van der Waals surface area contributed by atoms with Gasteiger partial charge in [-0.2, -0.15) is 0 Å². The van der Waals surface area contributed by atoms with Gasteiger partial charge in [0, 0.05) is 7.11 Å². The molecule has 0 saturated carbocycles. The molecule has 0 bridgehead atoms. The zero-order valence-corrected chi connectivity index (χ0v) is 15.8. The number of hydrogen-bond acceptors (Lipinski definition) is 11. The van der Waals surface area contributed by atoms with Crippen LogP contribution in [0.15, 0.2) is 24.3 Å². The number of ether oxygens (including phenoxy) is 4. The summed E-state index contributed by atoms with van der Waals surface area (Å²) in [6.07, 6.45) is 0. The lowest BCUT2D eigenvalue weighted by molar-refractivity contribution is 0.0213. The zero-order valence-electron chi connectivity index (χ0n) is 15.8. The normalized spacial score (nSPS) is 10.6. The van der Waals surface area contributed by atoms with Crippen molar-refractivity contribution in [3.05, 3.63) is 35.4 Å². The van der Waals surface area contributed by atoms with Crippen molar-refractivity contribution < 1.29 is 54.1 Å². The van der Waals surface area contributed by atoms with E-state index in [9.17, 15) is 35.1 Å². The van der Waals surface area contributed by atoms with Crippen molar-refractivity contribution in [3.63, 3.8) is 0 Å². The molecule has 11 heteroatoms. The number of carbonyl (C=O) groups is 2. The van der Waals surface area contributed by atoms with Crippen LogP contribution in [0.4, 0.5) is 0 Å². The monoisotopic (exact) mass is 424 g/mol. The first kappa shape index (κ1) is 22.6. The van der Waals surface area contributed by atoms with Crippen LogP contribution in [0.1, 0.15) is 20.7 Å². The minimum Gasteiger partial charge on any atom is -0.504 e. The number of rotatable bonds is 9. The summed E-state index contributed by atoms with van der Waals surface area (Å²) < 4.78 is 19.8. The van der Waals surface area contributed by atoms with Crippen LogP contribution >= 0.6 is 0 Å². The van der Waals surface area contributed by atoms with Gasteiger partial charge in [0.15, 0.2) is 23.0 Å². The SMILES string of the molecule is COCCOCCOC(=O)c1cc(O)c(O)c(OC(=O)c2ccc(O)c(O)c2O)c1. The summed E-state index contributed by atoms with van der Waals surface area (Å²) in [6.45, 7) is 0.696. The van der Waals surface area contributed by atoms with Crippen molar-refractivity contribution >= 4 is 11.9 Å². The second-order valence-corrected chi connectivity index (χ2v) is 5.80. The van der Waals surface area contributed by atoms with Crippen molar-refractivity contribution in [1.82, 2.24) is 0 Å². The molecule has 0 aliphatic rings.